The summed E-state index contributed by atoms with van der Waals surface area (Å²) in [4.78, 5) is 0. The van der Waals surface area contributed by atoms with Crippen molar-refractivity contribution in [2.24, 2.45) is 0 Å². The summed E-state index contributed by atoms with van der Waals surface area (Å²) in [6.07, 6.45) is 1.43. The van der Waals surface area contributed by atoms with Crippen LogP contribution < -0.4 is 14.8 Å². The van der Waals surface area contributed by atoms with E-state index in [1.807, 2.05) is 60.7 Å². The molecule has 7 nitrogen and oxygen atoms in total. The molecule has 1 fully saturated rings. The fourth-order valence-electron chi connectivity index (χ4n) is 3.81. The number of aliphatic hydroxyl groups is 1. The number of aliphatic hydroxyl groups excluding tert-OH is 1. The van der Waals surface area contributed by atoms with Crippen molar-refractivity contribution >= 4 is 0 Å². The number of aromatic nitrogens is 1. The molecule has 0 aliphatic carbocycles. The number of nitrogens with one attached hydrogen (secondary N) is 1. The molecule has 0 amide bonds. The quantitative estimate of drug-likeness (QED) is 0.501. The summed E-state index contributed by atoms with van der Waals surface area (Å²) in [5.74, 6) is 2.31. The smallest absolute Gasteiger partial charge is 0.174 e. The molecule has 1 saturated heterocycles. The van der Waals surface area contributed by atoms with E-state index in [4.69, 9.17) is 18.7 Å². The molecule has 3 unspecified atom stereocenters. The van der Waals surface area contributed by atoms with Crippen LogP contribution in [0.4, 0.5) is 0 Å². The van der Waals surface area contributed by atoms with Crippen LogP contribution in [0.3, 0.4) is 0 Å². The standard InChI is InChI=1S/C25H30N2O5/c1-29-20-9-7-18(8-10-20)15-26-16-25-24(28)12-11-22(31-25)13-19-14-23(32-27-19)17-30-21-5-3-2-4-6-21/h2-10,14,22,24-26,28H,11-13,15-17H2,1H3. The van der Waals surface area contributed by atoms with Crippen LogP contribution in [0.15, 0.2) is 65.2 Å². The zero-order chi connectivity index (χ0) is 22.2. The maximum atomic E-state index is 10.4. The largest absolute Gasteiger partial charge is 0.497 e. The Morgan fingerprint density at radius 2 is 1.88 bits per heavy atom. The third-order valence-corrected chi connectivity index (χ3v) is 5.58. The summed E-state index contributed by atoms with van der Waals surface area (Å²) in [7, 11) is 1.66. The number of rotatable bonds is 10. The van der Waals surface area contributed by atoms with Crippen LogP contribution in [-0.2, 0) is 24.3 Å². The zero-order valence-electron chi connectivity index (χ0n) is 18.3. The Hall–Kier alpha value is -2.87. The zero-order valence-corrected chi connectivity index (χ0v) is 18.3. The van der Waals surface area contributed by atoms with E-state index in [0.717, 1.165) is 29.2 Å². The number of ether oxygens (including phenoxy) is 3. The van der Waals surface area contributed by atoms with Crippen molar-refractivity contribution in [2.45, 2.75) is 50.7 Å². The highest BCUT2D eigenvalue weighted by Crippen LogP contribution is 2.23. The molecular formula is C25H30N2O5. The van der Waals surface area contributed by atoms with E-state index < -0.39 is 6.10 Å². The molecule has 0 bridgehead atoms. The summed E-state index contributed by atoms with van der Waals surface area (Å²) < 4.78 is 22.5. The number of nitrogens with zero attached hydrogens (tertiary/aromatic N) is 1. The van der Waals surface area contributed by atoms with Crippen LogP contribution in [0.1, 0.15) is 29.9 Å². The lowest BCUT2D eigenvalue weighted by Gasteiger charge is -2.34. The van der Waals surface area contributed by atoms with Crippen LogP contribution in [0.25, 0.3) is 0 Å². The number of hydrogen-bond donors (Lipinski definition) is 2. The maximum Gasteiger partial charge on any atom is 0.174 e. The molecule has 170 valence electrons. The molecule has 1 aromatic heterocycles. The molecule has 0 saturated carbocycles. The highest BCUT2D eigenvalue weighted by Gasteiger charge is 2.30. The monoisotopic (exact) mass is 438 g/mol. The minimum absolute atomic E-state index is 0.000761. The van der Waals surface area contributed by atoms with Crippen LogP contribution in [-0.4, -0.2) is 42.2 Å². The molecule has 2 heterocycles. The Labute approximate surface area is 188 Å². The Kier molecular flexibility index (Phi) is 7.77. The van der Waals surface area contributed by atoms with Crippen LogP contribution in [0.5, 0.6) is 11.5 Å². The molecule has 0 spiro atoms. The normalized spacial score (nSPS) is 20.8. The summed E-state index contributed by atoms with van der Waals surface area (Å²) in [6, 6.07) is 19.5. The Morgan fingerprint density at radius 1 is 1.06 bits per heavy atom. The minimum Gasteiger partial charge on any atom is -0.497 e. The van der Waals surface area contributed by atoms with Gasteiger partial charge in [-0.1, -0.05) is 35.5 Å². The lowest BCUT2D eigenvalue weighted by atomic mass is 9.98. The van der Waals surface area contributed by atoms with Crippen molar-refractivity contribution in [1.29, 1.82) is 0 Å². The summed E-state index contributed by atoms with van der Waals surface area (Å²) in [5.41, 5.74) is 1.99. The van der Waals surface area contributed by atoms with Gasteiger partial charge >= 0.3 is 0 Å². The number of methoxy groups -OCH3 is 1. The maximum absolute atomic E-state index is 10.4. The van der Waals surface area contributed by atoms with Gasteiger partial charge in [0.25, 0.3) is 0 Å². The van der Waals surface area contributed by atoms with Gasteiger partial charge in [-0.05, 0) is 42.7 Å². The number of benzene rings is 2. The van der Waals surface area contributed by atoms with E-state index in [1.165, 1.54) is 0 Å². The Morgan fingerprint density at radius 3 is 2.66 bits per heavy atom. The molecule has 0 radical (unpaired) electrons. The molecule has 1 aliphatic heterocycles. The van der Waals surface area contributed by atoms with Gasteiger partial charge in [0.05, 0.1) is 31.1 Å². The number of para-hydroxylation sites is 1. The van der Waals surface area contributed by atoms with Gasteiger partial charge in [-0.15, -0.1) is 0 Å². The molecule has 3 atom stereocenters. The minimum atomic E-state index is -0.471. The van der Waals surface area contributed by atoms with E-state index in [0.29, 0.717) is 38.3 Å². The van der Waals surface area contributed by atoms with Crippen molar-refractivity contribution in [1.82, 2.24) is 10.5 Å². The van der Waals surface area contributed by atoms with Crippen LogP contribution >= 0.6 is 0 Å². The Bertz CT molecular complexity index is 944. The summed E-state index contributed by atoms with van der Waals surface area (Å²) in [6.45, 7) is 1.62. The van der Waals surface area contributed by atoms with Crippen molar-refractivity contribution < 1.29 is 23.8 Å². The summed E-state index contributed by atoms with van der Waals surface area (Å²) >= 11 is 0. The van der Waals surface area contributed by atoms with E-state index >= 15 is 0 Å². The van der Waals surface area contributed by atoms with Gasteiger partial charge in [0.2, 0.25) is 0 Å². The molecule has 4 rings (SSSR count). The van der Waals surface area contributed by atoms with Gasteiger partial charge < -0.3 is 29.2 Å². The van der Waals surface area contributed by atoms with Crippen molar-refractivity contribution in [2.75, 3.05) is 13.7 Å². The fraction of sp³-hybridized carbons (Fsp3) is 0.400. The second-order valence-corrected chi connectivity index (χ2v) is 8.01. The predicted molar refractivity (Wildman–Crippen MR) is 120 cm³/mol. The van der Waals surface area contributed by atoms with Gasteiger partial charge in [-0.2, -0.15) is 0 Å². The molecule has 3 aromatic rings. The molecular weight excluding hydrogens is 408 g/mol. The van der Waals surface area contributed by atoms with Gasteiger partial charge in [-0.3, -0.25) is 0 Å². The number of hydrogen-bond acceptors (Lipinski definition) is 7. The second-order valence-electron chi connectivity index (χ2n) is 8.01. The average molecular weight is 439 g/mol. The van der Waals surface area contributed by atoms with Crippen molar-refractivity contribution in [3.8, 4) is 11.5 Å². The second kappa shape index (κ2) is 11.1. The third-order valence-electron chi connectivity index (χ3n) is 5.58. The summed E-state index contributed by atoms with van der Waals surface area (Å²) in [5, 5.41) is 17.9. The SMILES string of the molecule is COc1ccc(CNCC2OC(Cc3cc(COc4ccccc4)on3)CCC2O)cc1. The van der Waals surface area contributed by atoms with Gasteiger partial charge in [-0.25, -0.2) is 0 Å². The fourth-order valence-corrected chi connectivity index (χ4v) is 3.81. The lowest BCUT2D eigenvalue weighted by Crippen LogP contribution is -2.45. The van der Waals surface area contributed by atoms with Crippen molar-refractivity contribution in [3.05, 3.63) is 77.7 Å². The molecule has 32 heavy (non-hydrogen) atoms. The first-order chi connectivity index (χ1) is 15.7. The van der Waals surface area contributed by atoms with Gasteiger partial charge in [0.15, 0.2) is 5.76 Å². The lowest BCUT2D eigenvalue weighted by molar-refractivity contribution is -0.115. The Balaban J connectivity index is 1.22. The van der Waals surface area contributed by atoms with Gasteiger partial charge in [0.1, 0.15) is 18.1 Å². The van der Waals surface area contributed by atoms with E-state index in [-0.39, 0.29) is 12.2 Å². The molecule has 7 heteroatoms. The average Bonchev–Trinajstić information content (AvgIpc) is 3.28. The van der Waals surface area contributed by atoms with Crippen LogP contribution in [0.2, 0.25) is 0 Å². The first kappa shape index (κ1) is 22.3. The van der Waals surface area contributed by atoms with Crippen molar-refractivity contribution in [3.63, 3.8) is 0 Å². The highest BCUT2D eigenvalue weighted by atomic mass is 16.5. The van der Waals surface area contributed by atoms with E-state index in [1.54, 1.807) is 7.11 Å². The van der Waals surface area contributed by atoms with Crippen LogP contribution in [0, 0.1) is 0 Å². The first-order valence-corrected chi connectivity index (χ1v) is 11.0. The molecule has 2 N–H and O–H groups in total. The molecule has 1 aliphatic rings. The topological polar surface area (TPSA) is 86.0 Å². The van der Waals surface area contributed by atoms with E-state index in [2.05, 4.69) is 10.5 Å². The van der Waals surface area contributed by atoms with E-state index in [9.17, 15) is 5.11 Å². The predicted octanol–water partition coefficient (Wildman–Crippen LogP) is 3.50. The highest BCUT2D eigenvalue weighted by molar-refractivity contribution is 5.27. The third kappa shape index (κ3) is 6.32. The molecule has 2 aromatic carbocycles. The van der Waals surface area contributed by atoms with Gasteiger partial charge in [0, 0.05) is 25.6 Å². The first-order valence-electron chi connectivity index (χ1n) is 11.0.